The van der Waals surface area contributed by atoms with Crippen LogP contribution in [0, 0.1) is 16.3 Å². The minimum Gasteiger partial charge on any atom is -0.369 e. The molecule has 3 nitrogen and oxygen atoms in total. The van der Waals surface area contributed by atoms with Crippen LogP contribution in [0.25, 0.3) is 16.7 Å². The second-order valence-corrected chi connectivity index (χ2v) is 5.67. The van der Waals surface area contributed by atoms with E-state index < -0.39 is 0 Å². The number of aromatic nitrogens is 2. The lowest BCUT2D eigenvalue weighted by Crippen LogP contribution is -2.01. The lowest BCUT2D eigenvalue weighted by molar-refractivity contribution is 0.625. The number of imidazole rings is 1. The average molecular weight is 367 g/mol. The van der Waals surface area contributed by atoms with Gasteiger partial charge in [-0.2, -0.15) is 0 Å². The minimum atomic E-state index is -0.276. The number of hydrogen-bond donors (Lipinski definition) is 1. The number of fused-ring (bicyclic) bond motifs is 1. The van der Waals surface area contributed by atoms with Gasteiger partial charge in [0.15, 0.2) is 0 Å². The zero-order chi connectivity index (χ0) is 13.6. The molecule has 0 radical (unpaired) electrons. The smallest absolute Gasteiger partial charge is 0.205 e. The Labute approximate surface area is 123 Å². The van der Waals surface area contributed by atoms with Crippen molar-refractivity contribution in [1.29, 1.82) is 0 Å². The highest BCUT2D eigenvalue weighted by molar-refractivity contribution is 14.1. The van der Waals surface area contributed by atoms with Crippen molar-refractivity contribution in [3.63, 3.8) is 0 Å². The van der Waals surface area contributed by atoms with Crippen LogP contribution in [0.5, 0.6) is 0 Å². The first kappa shape index (κ1) is 12.4. The second kappa shape index (κ2) is 4.48. The molecule has 0 aliphatic rings. The van der Waals surface area contributed by atoms with E-state index in [9.17, 15) is 4.39 Å². The molecule has 2 aromatic carbocycles. The molecule has 3 aromatic rings. The van der Waals surface area contributed by atoms with Crippen LogP contribution in [-0.2, 0) is 0 Å². The van der Waals surface area contributed by atoms with Crippen molar-refractivity contribution in [3.05, 3.63) is 51.3 Å². The fraction of sp³-hybridized carbons (Fsp3) is 0.0714. The molecular formula is C14H11FIN3. The lowest BCUT2D eigenvalue weighted by atomic mass is 10.2. The summed E-state index contributed by atoms with van der Waals surface area (Å²) >= 11 is 2.22. The Balaban J connectivity index is 2.32. The van der Waals surface area contributed by atoms with E-state index in [0.717, 1.165) is 20.2 Å². The summed E-state index contributed by atoms with van der Waals surface area (Å²) in [6.45, 7) is 1.85. The third-order valence-electron chi connectivity index (χ3n) is 2.93. The Hall–Kier alpha value is -1.63. The van der Waals surface area contributed by atoms with Gasteiger partial charge in [0.2, 0.25) is 5.95 Å². The Morgan fingerprint density at radius 1 is 1.21 bits per heavy atom. The van der Waals surface area contributed by atoms with Crippen molar-refractivity contribution in [2.75, 3.05) is 5.73 Å². The van der Waals surface area contributed by atoms with Crippen molar-refractivity contribution in [1.82, 2.24) is 9.55 Å². The molecule has 3 rings (SSSR count). The molecule has 0 aliphatic carbocycles. The van der Waals surface area contributed by atoms with Crippen LogP contribution in [-0.4, -0.2) is 9.55 Å². The number of halogens is 2. The van der Waals surface area contributed by atoms with Gasteiger partial charge in [-0.15, -0.1) is 0 Å². The number of hydrogen-bond acceptors (Lipinski definition) is 2. The summed E-state index contributed by atoms with van der Waals surface area (Å²) in [5.41, 5.74) is 9.19. The maximum absolute atomic E-state index is 13.5. The van der Waals surface area contributed by atoms with Crippen molar-refractivity contribution in [2.45, 2.75) is 6.92 Å². The summed E-state index contributed by atoms with van der Waals surface area (Å²) < 4.78 is 16.4. The highest BCUT2D eigenvalue weighted by Crippen LogP contribution is 2.25. The third-order valence-corrected chi connectivity index (χ3v) is 3.60. The molecule has 2 N–H and O–H groups in total. The van der Waals surface area contributed by atoms with Crippen LogP contribution >= 0.6 is 22.6 Å². The largest absolute Gasteiger partial charge is 0.369 e. The van der Waals surface area contributed by atoms with E-state index in [4.69, 9.17) is 5.73 Å². The lowest BCUT2D eigenvalue weighted by Gasteiger charge is -2.08. The quantitative estimate of drug-likeness (QED) is 0.668. The van der Waals surface area contributed by atoms with Gasteiger partial charge in [-0.1, -0.05) is 0 Å². The van der Waals surface area contributed by atoms with Crippen LogP contribution in [0.1, 0.15) is 5.56 Å². The zero-order valence-corrected chi connectivity index (χ0v) is 12.3. The summed E-state index contributed by atoms with van der Waals surface area (Å²) in [5.74, 6) is 0.0868. The van der Waals surface area contributed by atoms with Crippen molar-refractivity contribution >= 4 is 39.6 Å². The first-order chi connectivity index (χ1) is 9.04. The van der Waals surface area contributed by atoms with Gasteiger partial charge in [-0.3, -0.25) is 4.57 Å². The highest BCUT2D eigenvalue weighted by Gasteiger charge is 2.11. The summed E-state index contributed by atoms with van der Waals surface area (Å²) in [6, 6.07) is 10.7. The van der Waals surface area contributed by atoms with Gasteiger partial charge in [0.1, 0.15) is 5.82 Å². The summed E-state index contributed by atoms with van der Waals surface area (Å²) in [6.07, 6.45) is 0. The maximum atomic E-state index is 13.5. The van der Waals surface area contributed by atoms with E-state index in [2.05, 4.69) is 27.6 Å². The molecule has 0 atom stereocenters. The van der Waals surface area contributed by atoms with Crippen LogP contribution in [0.15, 0.2) is 36.4 Å². The predicted octanol–water partition coefficient (Wildman–Crippen LogP) is 3.66. The van der Waals surface area contributed by atoms with Gasteiger partial charge < -0.3 is 5.73 Å². The van der Waals surface area contributed by atoms with E-state index in [-0.39, 0.29) is 5.82 Å². The number of nitrogen functional groups attached to an aromatic ring is 1. The van der Waals surface area contributed by atoms with E-state index >= 15 is 0 Å². The Morgan fingerprint density at radius 2 is 2.00 bits per heavy atom. The van der Waals surface area contributed by atoms with Crippen LogP contribution in [0.4, 0.5) is 10.3 Å². The highest BCUT2D eigenvalue weighted by atomic mass is 127. The number of benzene rings is 2. The topological polar surface area (TPSA) is 43.8 Å². The molecule has 1 aromatic heterocycles. The van der Waals surface area contributed by atoms with Gasteiger partial charge in [0.25, 0.3) is 0 Å². The number of rotatable bonds is 1. The Bertz CT molecular complexity index is 759. The molecule has 19 heavy (non-hydrogen) atoms. The first-order valence-electron chi connectivity index (χ1n) is 5.75. The first-order valence-corrected chi connectivity index (χ1v) is 6.83. The number of nitrogens with two attached hydrogens (primary N) is 1. The molecule has 0 bridgehead atoms. The molecule has 0 fully saturated rings. The average Bonchev–Trinajstić information content (AvgIpc) is 2.62. The van der Waals surface area contributed by atoms with Crippen LogP contribution in [0.3, 0.4) is 0 Å². The Morgan fingerprint density at radius 3 is 2.74 bits per heavy atom. The maximum Gasteiger partial charge on any atom is 0.205 e. The van der Waals surface area contributed by atoms with Gasteiger partial charge >= 0.3 is 0 Å². The molecule has 0 amide bonds. The summed E-state index contributed by atoms with van der Waals surface area (Å²) in [5, 5.41) is 0. The van der Waals surface area contributed by atoms with Gasteiger partial charge in [0.05, 0.1) is 16.7 Å². The monoisotopic (exact) mass is 367 g/mol. The van der Waals surface area contributed by atoms with Crippen LogP contribution < -0.4 is 5.73 Å². The van der Waals surface area contributed by atoms with Gasteiger partial charge in [0, 0.05) is 3.57 Å². The summed E-state index contributed by atoms with van der Waals surface area (Å²) in [4.78, 5) is 4.32. The number of nitrogens with zero attached hydrogens (tertiary/aromatic N) is 2. The normalized spacial score (nSPS) is 11.1. The van der Waals surface area contributed by atoms with Gasteiger partial charge in [-0.05, 0) is 71.5 Å². The Kier molecular flexibility index (Phi) is 2.93. The van der Waals surface area contributed by atoms with Crippen LogP contribution in [0.2, 0.25) is 0 Å². The van der Waals surface area contributed by atoms with Crippen molar-refractivity contribution in [2.24, 2.45) is 0 Å². The minimum absolute atomic E-state index is 0.276. The molecule has 0 saturated carbocycles. The predicted molar refractivity (Wildman–Crippen MR) is 82.9 cm³/mol. The zero-order valence-electron chi connectivity index (χ0n) is 10.2. The summed E-state index contributed by atoms with van der Waals surface area (Å²) in [7, 11) is 0. The molecule has 5 heteroatoms. The van der Waals surface area contributed by atoms with E-state index in [0.29, 0.717) is 11.6 Å². The van der Waals surface area contributed by atoms with E-state index in [1.54, 1.807) is 4.57 Å². The standard InChI is InChI=1S/C14H11FIN3/c1-8-4-9(15)6-11(5-8)19-13-3-2-10(16)7-12(13)18-14(19)17/h2-7H,1H3,(H2,17,18). The van der Waals surface area contributed by atoms with E-state index in [1.165, 1.54) is 12.1 Å². The number of anilines is 1. The second-order valence-electron chi connectivity index (χ2n) is 4.43. The van der Waals surface area contributed by atoms with Gasteiger partial charge in [-0.25, -0.2) is 9.37 Å². The molecule has 0 aliphatic heterocycles. The molecule has 0 unspecified atom stereocenters. The van der Waals surface area contributed by atoms with E-state index in [1.807, 2.05) is 31.2 Å². The number of aryl methyl sites for hydroxylation is 1. The fourth-order valence-corrected chi connectivity index (χ4v) is 2.66. The molecule has 96 valence electrons. The fourth-order valence-electron chi connectivity index (χ4n) is 2.19. The molecule has 0 spiro atoms. The van der Waals surface area contributed by atoms with Crippen molar-refractivity contribution in [3.8, 4) is 5.69 Å². The SMILES string of the molecule is Cc1cc(F)cc(-n2c(N)nc3cc(I)ccc32)c1. The molecule has 1 heterocycles. The third kappa shape index (κ3) is 2.18. The molecule has 0 saturated heterocycles. The van der Waals surface area contributed by atoms with Crippen molar-refractivity contribution < 1.29 is 4.39 Å². The molecular weight excluding hydrogens is 356 g/mol.